The first-order valence-corrected chi connectivity index (χ1v) is 7.92. The lowest BCUT2D eigenvalue weighted by Gasteiger charge is -2.39. The Morgan fingerprint density at radius 3 is 2.68 bits per heavy atom. The molecule has 1 aromatic rings. The molecule has 7 heteroatoms. The minimum absolute atomic E-state index is 0.147. The molecule has 0 bridgehead atoms. The van der Waals surface area contributed by atoms with Crippen molar-refractivity contribution in [2.24, 2.45) is 5.92 Å². The minimum atomic E-state index is -0.467. The summed E-state index contributed by atoms with van der Waals surface area (Å²) in [5.41, 5.74) is -0.614. The zero-order chi connectivity index (χ0) is 16.3. The number of nitrogens with one attached hydrogen (secondary N) is 1. The number of rotatable bonds is 5. The molecule has 2 heterocycles. The van der Waals surface area contributed by atoms with Crippen LogP contribution in [-0.2, 0) is 17.7 Å². The number of nitrogens with zero attached hydrogens (tertiary/aromatic N) is 3. The lowest BCUT2D eigenvalue weighted by molar-refractivity contribution is -0.00125. The molecule has 1 amide bonds. The summed E-state index contributed by atoms with van der Waals surface area (Å²) in [6.45, 7) is 9.68. The molecular formula is C15H26N4O3. The third-order valence-electron chi connectivity index (χ3n) is 3.65. The predicted molar refractivity (Wildman–Crippen MR) is 82.8 cm³/mol. The summed E-state index contributed by atoms with van der Waals surface area (Å²) < 4.78 is 7.04. The second kappa shape index (κ2) is 6.54. The van der Waals surface area contributed by atoms with Crippen molar-refractivity contribution in [2.45, 2.75) is 59.1 Å². The molecule has 1 fully saturated rings. The van der Waals surface area contributed by atoms with E-state index >= 15 is 0 Å². The predicted octanol–water partition coefficient (Wildman–Crippen LogP) is 1.78. The summed E-state index contributed by atoms with van der Waals surface area (Å²) in [7, 11) is 0. The Kier molecular flexibility index (Phi) is 4.93. The van der Waals surface area contributed by atoms with E-state index in [0.29, 0.717) is 32.0 Å². The molecule has 1 N–H and O–H groups in total. The normalized spacial score (nSPS) is 15.7. The quantitative estimate of drug-likeness (QED) is 0.899. The van der Waals surface area contributed by atoms with Gasteiger partial charge in [-0.05, 0) is 27.2 Å². The smallest absolute Gasteiger partial charge is 0.410 e. The maximum atomic E-state index is 11.9. The van der Waals surface area contributed by atoms with Crippen molar-refractivity contribution in [3.05, 3.63) is 16.3 Å². The van der Waals surface area contributed by atoms with Crippen LogP contribution >= 0.6 is 0 Å². The Balaban J connectivity index is 1.85. The molecule has 0 aromatic carbocycles. The van der Waals surface area contributed by atoms with Crippen LogP contribution in [0.25, 0.3) is 0 Å². The monoisotopic (exact) mass is 310 g/mol. The van der Waals surface area contributed by atoms with E-state index in [1.165, 1.54) is 0 Å². The number of ether oxygens (including phenoxy) is 1. The Morgan fingerprint density at radius 2 is 2.09 bits per heavy atom. The van der Waals surface area contributed by atoms with Crippen LogP contribution in [0.4, 0.5) is 4.79 Å². The number of unbranched alkanes of at least 4 members (excludes halogenated alkanes) is 1. The third-order valence-corrected chi connectivity index (χ3v) is 3.65. The number of aromatic amines is 1. The summed E-state index contributed by atoms with van der Waals surface area (Å²) in [5.74, 6) is 1.12. The number of hydrogen-bond acceptors (Lipinski definition) is 4. The molecule has 22 heavy (non-hydrogen) atoms. The maximum Gasteiger partial charge on any atom is 0.410 e. The average Bonchev–Trinajstić information content (AvgIpc) is 2.69. The lowest BCUT2D eigenvalue weighted by atomic mass is 9.96. The molecule has 0 saturated carbocycles. The van der Waals surface area contributed by atoms with Gasteiger partial charge in [-0.25, -0.2) is 14.7 Å². The first kappa shape index (κ1) is 16.6. The molecule has 0 aliphatic carbocycles. The van der Waals surface area contributed by atoms with Gasteiger partial charge in [0.05, 0.1) is 0 Å². The van der Waals surface area contributed by atoms with Crippen LogP contribution in [0, 0.1) is 5.92 Å². The number of aromatic nitrogens is 3. The second-order valence-electron chi connectivity index (χ2n) is 6.91. The number of hydrogen-bond donors (Lipinski definition) is 1. The van der Waals surface area contributed by atoms with Crippen molar-refractivity contribution in [3.8, 4) is 0 Å². The number of H-pyrrole nitrogens is 1. The topological polar surface area (TPSA) is 80.2 Å². The van der Waals surface area contributed by atoms with Gasteiger partial charge in [0.2, 0.25) is 0 Å². The molecule has 1 aliphatic heterocycles. The largest absolute Gasteiger partial charge is 0.444 e. The Morgan fingerprint density at radius 1 is 1.41 bits per heavy atom. The number of likely N-dealkylation sites (tertiary alicyclic amines) is 1. The highest BCUT2D eigenvalue weighted by molar-refractivity contribution is 5.69. The number of carbonyl (C=O) groups excluding carboxylic acids is 1. The summed E-state index contributed by atoms with van der Waals surface area (Å²) in [5, 5.41) is 6.63. The fraction of sp³-hybridized carbons (Fsp3) is 0.800. The van der Waals surface area contributed by atoms with Crippen LogP contribution < -0.4 is 5.69 Å². The van der Waals surface area contributed by atoms with Gasteiger partial charge in [-0.2, -0.15) is 5.10 Å². The van der Waals surface area contributed by atoms with Crippen LogP contribution in [0.2, 0.25) is 0 Å². The van der Waals surface area contributed by atoms with Gasteiger partial charge in [-0.3, -0.25) is 4.57 Å². The molecule has 0 radical (unpaired) electrons. The number of carbonyl (C=O) groups is 1. The molecule has 1 aromatic heterocycles. The first-order valence-electron chi connectivity index (χ1n) is 7.92. The van der Waals surface area contributed by atoms with Crippen molar-refractivity contribution < 1.29 is 9.53 Å². The van der Waals surface area contributed by atoms with Crippen LogP contribution in [0.1, 0.15) is 46.4 Å². The fourth-order valence-electron chi connectivity index (χ4n) is 2.49. The Bertz CT molecular complexity index is 564. The van der Waals surface area contributed by atoms with Gasteiger partial charge in [-0.1, -0.05) is 13.3 Å². The molecule has 0 spiro atoms. The summed E-state index contributed by atoms with van der Waals surface area (Å²) >= 11 is 0. The van der Waals surface area contributed by atoms with Crippen molar-refractivity contribution in [1.82, 2.24) is 19.7 Å². The van der Waals surface area contributed by atoms with Gasteiger partial charge in [0.1, 0.15) is 11.4 Å². The van der Waals surface area contributed by atoms with Crippen LogP contribution in [0.3, 0.4) is 0 Å². The summed E-state index contributed by atoms with van der Waals surface area (Å²) in [6, 6.07) is 0. The van der Waals surface area contributed by atoms with Gasteiger partial charge < -0.3 is 9.64 Å². The van der Waals surface area contributed by atoms with Crippen LogP contribution in [0.5, 0.6) is 0 Å². The van der Waals surface area contributed by atoms with E-state index in [1.807, 2.05) is 20.8 Å². The second-order valence-corrected chi connectivity index (χ2v) is 6.91. The molecule has 7 nitrogen and oxygen atoms in total. The van der Waals surface area contributed by atoms with Gasteiger partial charge in [0.25, 0.3) is 0 Å². The highest BCUT2D eigenvalue weighted by Gasteiger charge is 2.34. The zero-order valence-corrected chi connectivity index (χ0v) is 13.9. The molecule has 2 rings (SSSR count). The molecule has 124 valence electrons. The van der Waals surface area contributed by atoms with Gasteiger partial charge >= 0.3 is 11.8 Å². The third kappa shape index (κ3) is 4.11. The van der Waals surface area contributed by atoms with Crippen LogP contribution in [0.15, 0.2) is 4.79 Å². The molecule has 0 unspecified atom stereocenters. The van der Waals surface area contributed by atoms with Gasteiger partial charge in [0, 0.05) is 32.0 Å². The highest BCUT2D eigenvalue weighted by Crippen LogP contribution is 2.22. The SMILES string of the molecule is CCCCn1c(CC2CN(C(=O)OC(C)(C)C)C2)n[nH]c1=O. The lowest BCUT2D eigenvalue weighted by Crippen LogP contribution is -2.52. The van der Waals surface area contributed by atoms with E-state index in [2.05, 4.69) is 17.1 Å². The molecular weight excluding hydrogens is 284 g/mol. The van der Waals surface area contributed by atoms with Gasteiger partial charge in [0.15, 0.2) is 0 Å². The van der Waals surface area contributed by atoms with Crippen molar-refractivity contribution >= 4 is 6.09 Å². The van der Waals surface area contributed by atoms with Crippen molar-refractivity contribution in [1.29, 1.82) is 0 Å². The van der Waals surface area contributed by atoms with Crippen molar-refractivity contribution in [3.63, 3.8) is 0 Å². The fourth-order valence-corrected chi connectivity index (χ4v) is 2.49. The van der Waals surface area contributed by atoms with E-state index in [9.17, 15) is 9.59 Å². The maximum absolute atomic E-state index is 11.9. The zero-order valence-electron chi connectivity index (χ0n) is 13.9. The number of amides is 1. The van der Waals surface area contributed by atoms with E-state index in [0.717, 1.165) is 18.7 Å². The molecule has 0 atom stereocenters. The molecule has 1 saturated heterocycles. The Labute approximate surface area is 130 Å². The summed E-state index contributed by atoms with van der Waals surface area (Å²) in [4.78, 5) is 25.3. The van der Waals surface area contributed by atoms with Crippen molar-refractivity contribution in [2.75, 3.05) is 13.1 Å². The average molecular weight is 310 g/mol. The van der Waals surface area contributed by atoms with E-state index in [4.69, 9.17) is 4.74 Å². The molecule has 1 aliphatic rings. The minimum Gasteiger partial charge on any atom is -0.444 e. The van der Waals surface area contributed by atoms with Crippen LogP contribution in [-0.4, -0.2) is 44.4 Å². The summed E-state index contributed by atoms with van der Waals surface area (Å²) in [6.07, 6.45) is 2.43. The highest BCUT2D eigenvalue weighted by atomic mass is 16.6. The standard InChI is InChI=1S/C15H26N4O3/c1-5-6-7-19-12(16-17-13(19)20)8-11-9-18(10-11)14(21)22-15(2,3)4/h11H,5-10H2,1-4H3,(H,17,20). The van der Waals surface area contributed by atoms with E-state index < -0.39 is 5.60 Å². The first-order chi connectivity index (χ1) is 10.3. The van der Waals surface area contributed by atoms with Gasteiger partial charge in [-0.15, -0.1) is 0 Å². The van der Waals surface area contributed by atoms with E-state index in [1.54, 1.807) is 9.47 Å². The van der Waals surface area contributed by atoms with E-state index in [-0.39, 0.29) is 11.8 Å². The Hall–Kier alpha value is -1.79.